The van der Waals surface area contributed by atoms with Crippen LogP contribution < -0.4 is 0 Å². The van der Waals surface area contributed by atoms with Gasteiger partial charge in [0.05, 0.1) is 25.9 Å². The van der Waals surface area contributed by atoms with Crippen LogP contribution in [0.4, 0.5) is 0 Å². The van der Waals surface area contributed by atoms with E-state index in [0.717, 1.165) is 10.6 Å². The number of aliphatic hydroxyl groups excluding tert-OH is 1. The van der Waals surface area contributed by atoms with E-state index in [0.29, 0.717) is 25.3 Å². The van der Waals surface area contributed by atoms with E-state index in [1.807, 2.05) is 23.6 Å². The zero-order chi connectivity index (χ0) is 14.7. The number of carbonyl (C=O) groups excluding carboxylic acids is 1. The fourth-order valence-electron chi connectivity index (χ4n) is 2.39. The smallest absolute Gasteiger partial charge is 0.254 e. The van der Waals surface area contributed by atoms with Gasteiger partial charge in [-0.2, -0.15) is 0 Å². The van der Waals surface area contributed by atoms with E-state index < -0.39 is 0 Å². The van der Waals surface area contributed by atoms with Crippen molar-refractivity contribution >= 4 is 17.2 Å². The summed E-state index contributed by atoms with van der Waals surface area (Å²) in [5.74, 6) is -0.0734. The average Bonchev–Trinajstić information content (AvgIpc) is 3.09. The third kappa shape index (κ3) is 2.97. The van der Waals surface area contributed by atoms with Gasteiger partial charge in [-0.3, -0.25) is 4.79 Å². The zero-order valence-electron chi connectivity index (χ0n) is 11.4. The molecular formula is C15H16N2O3S. The largest absolute Gasteiger partial charge is 0.394 e. The lowest BCUT2D eigenvalue weighted by molar-refractivity contribution is -0.0183. The van der Waals surface area contributed by atoms with Crippen molar-refractivity contribution in [1.29, 1.82) is 0 Å². The summed E-state index contributed by atoms with van der Waals surface area (Å²) >= 11 is 1.54. The monoisotopic (exact) mass is 304 g/mol. The number of morpholine rings is 1. The number of aromatic nitrogens is 1. The maximum absolute atomic E-state index is 12.6. The summed E-state index contributed by atoms with van der Waals surface area (Å²) in [5, 5.41) is 12.2. The predicted molar refractivity (Wildman–Crippen MR) is 80.3 cm³/mol. The highest BCUT2D eigenvalue weighted by Gasteiger charge is 2.27. The van der Waals surface area contributed by atoms with E-state index in [-0.39, 0.29) is 18.6 Å². The van der Waals surface area contributed by atoms with Gasteiger partial charge in [0, 0.05) is 29.2 Å². The Morgan fingerprint density at radius 3 is 3.19 bits per heavy atom. The number of hydrogen-bond donors (Lipinski definition) is 1. The molecule has 2 aromatic rings. The predicted octanol–water partition coefficient (Wildman–Crippen LogP) is 1.64. The first-order valence-corrected chi connectivity index (χ1v) is 7.67. The van der Waals surface area contributed by atoms with Crippen LogP contribution in [0.15, 0.2) is 35.8 Å². The zero-order valence-corrected chi connectivity index (χ0v) is 12.3. The molecule has 1 fully saturated rings. The van der Waals surface area contributed by atoms with Crippen molar-refractivity contribution in [1.82, 2.24) is 9.88 Å². The molecule has 1 N–H and O–H groups in total. The molecule has 6 heteroatoms. The SMILES string of the molecule is O=C(c1cccc(-c2nccs2)c1)N1CCOC[C@H]1CO. The van der Waals surface area contributed by atoms with Gasteiger partial charge in [-0.15, -0.1) is 11.3 Å². The Balaban J connectivity index is 1.86. The van der Waals surface area contributed by atoms with Gasteiger partial charge < -0.3 is 14.7 Å². The lowest BCUT2D eigenvalue weighted by Crippen LogP contribution is -2.50. The van der Waals surface area contributed by atoms with Crippen molar-refractivity contribution in [2.24, 2.45) is 0 Å². The van der Waals surface area contributed by atoms with E-state index in [1.165, 1.54) is 0 Å². The maximum atomic E-state index is 12.6. The van der Waals surface area contributed by atoms with Crippen molar-refractivity contribution < 1.29 is 14.6 Å². The molecule has 1 aromatic heterocycles. The molecule has 2 heterocycles. The van der Waals surface area contributed by atoms with E-state index in [2.05, 4.69) is 4.98 Å². The lowest BCUT2D eigenvalue weighted by atomic mass is 10.1. The molecule has 110 valence electrons. The molecule has 1 aliphatic heterocycles. The number of thiazole rings is 1. The molecule has 5 nitrogen and oxygen atoms in total. The first-order valence-electron chi connectivity index (χ1n) is 6.79. The van der Waals surface area contributed by atoms with Gasteiger partial charge in [-0.25, -0.2) is 4.98 Å². The standard InChI is InChI=1S/C15H16N2O3S/c18-9-13-10-20-6-5-17(13)15(19)12-3-1-2-11(8-12)14-16-4-7-21-14/h1-4,7-8,13,18H,5-6,9-10H2/t13-/m1/s1. The maximum Gasteiger partial charge on any atom is 0.254 e. The molecule has 0 aliphatic carbocycles. The third-order valence-corrected chi connectivity index (χ3v) is 4.31. The Labute approximate surface area is 126 Å². The summed E-state index contributed by atoms with van der Waals surface area (Å²) in [6, 6.07) is 7.18. The van der Waals surface area contributed by atoms with Gasteiger partial charge in [0.15, 0.2) is 0 Å². The number of benzene rings is 1. The first kappa shape index (κ1) is 14.2. The summed E-state index contributed by atoms with van der Waals surface area (Å²) < 4.78 is 5.31. The quantitative estimate of drug-likeness (QED) is 0.936. The van der Waals surface area contributed by atoms with Gasteiger partial charge in [-0.05, 0) is 12.1 Å². The fourth-order valence-corrected chi connectivity index (χ4v) is 3.03. The molecular weight excluding hydrogens is 288 g/mol. The van der Waals surface area contributed by atoms with Crippen molar-refractivity contribution in [3.05, 3.63) is 41.4 Å². The molecule has 1 amide bonds. The minimum Gasteiger partial charge on any atom is -0.394 e. The molecule has 0 unspecified atom stereocenters. The minimum absolute atomic E-state index is 0.0734. The molecule has 1 aromatic carbocycles. The molecule has 21 heavy (non-hydrogen) atoms. The number of rotatable bonds is 3. The highest BCUT2D eigenvalue weighted by Crippen LogP contribution is 2.23. The summed E-state index contributed by atoms with van der Waals surface area (Å²) in [7, 11) is 0. The Morgan fingerprint density at radius 1 is 1.52 bits per heavy atom. The van der Waals surface area contributed by atoms with Crippen LogP contribution in [0.3, 0.4) is 0 Å². The highest BCUT2D eigenvalue weighted by atomic mass is 32.1. The fraction of sp³-hybridized carbons (Fsp3) is 0.333. The van der Waals surface area contributed by atoms with E-state index in [4.69, 9.17) is 4.74 Å². The number of nitrogens with zero attached hydrogens (tertiary/aromatic N) is 2. The third-order valence-electron chi connectivity index (χ3n) is 3.49. The van der Waals surface area contributed by atoms with Gasteiger partial charge >= 0.3 is 0 Å². The Bertz CT molecular complexity index is 615. The highest BCUT2D eigenvalue weighted by molar-refractivity contribution is 7.13. The van der Waals surface area contributed by atoms with Crippen LogP contribution in [0.5, 0.6) is 0 Å². The second-order valence-corrected chi connectivity index (χ2v) is 5.72. The number of ether oxygens (including phenoxy) is 1. The molecule has 0 bridgehead atoms. The van der Waals surface area contributed by atoms with Crippen molar-refractivity contribution in [2.75, 3.05) is 26.4 Å². The van der Waals surface area contributed by atoms with Crippen molar-refractivity contribution in [3.63, 3.8) is 0 Å². The number of hydrogen-bond acceptors (Lipinski definition) is 5. The van der Waals surface area contributed by atoms with Crippen LogP contribution in [-0.2, 0) is 4.74 Å². The van der Waals surface area contributed by atoms with Crippen molar-refractivity contribution in [3.8, 4) is 10.6 Å². The molecule has 1 atom stereocenters. The van der Waals surface area contributed by atoms with Gasteiger partial charge in [-0.1, -0.05) is 12.1 Å². The van der Waals surface area contributed by atoms with Crippen LogP contribution in [-0.4, -0.2) is 53.3 Å². The molecule has 0 radical (unpaired) electrons. The van der Waals surface area contributed by atoms with Crippen LogP contribution in [0.1, 0.15) is 10.4 Å². The Hall–Kier alpha value is -1.76. The second-order valence-electron chi connectivity index (χ2n) is 4.83. The van der Waals surface area contributed by atoms with Gasteiger partial charge in [0.2, 0.25) is 0 Å². The average molecular weight is 304 g/mol. The summed E-state index contributed by atoms with van der Waals surface area (Å²) in [4.78, 5) is 18.6. The number of amides is 1. The number of aliphatic hydroxyl groups is 1. The van der Waals surface area contributed by atoms with Crippen LogP contribution >= 0.6 is 11.3 Å². The second kappa shape index (κ2) is 6.34. The first-order chi connectivity index (χ1) is 10.3. The van der Waals surface area contributed by atoms with E-state index >= 15 is 0 Å². The van der Waals surface area contributed by atoms with Crippen LogP contribution in [0, 0.1) is 0 Å². The molecule has 0 saturated carbocycles. The number of carbonyl (C=O) groups is 1. The Kier molecular flexibility index (Phi) is 4.28. The van der Waals surface area contributed by atoms with Gasteiger partial charge in [0.25, 0.3) is 5.91 Å². The Morgan fingerprint density at radius 2 is 2.43 bits per heavy atom. The molecule has 0 spiro atoms. The summed E-state index contributed by atoms with van der Waals surface area (Å²) in [6.07, 6.45) is 1.75. The topological polar surface area (TPSA) is 62.7 Å². The molecule has 1 aliphatic rings. The van der Waals surface area contributed by atoms with Crippen LogP contribution in [0.2, 0.25) is 0 Å². The van der Waals surface area contributed by atoms with Crippen LogP contribution in [0.25, 0.3) is 10.6 Å². The summed E-state index contributed by atoms with van der Waals surface area (Å²) in [6.45, 7) is 1.31. The van der Waals surface area contributed by atoms with E-state index in [1.54, 1.807) is 28.5 Å². The molecule has 3 rings (SSSR count). The normalized spacial score (nSPS) is 18.7. The molecule has 1 saturated heterocycles. The van der Waals surface area contributed by atoms with E-state index in [9.17, 15) is 9.90 Å². The summed E-state index contributed by atoms with van der Waals surface area (Å²) in [5.41, 5.74) is 1.55. The lowest BCUT2D eigenvalue weighted by Gasteiger charge is -2.34. The van der Waals surface area contributed by atoms with Crippen molar-refractivity contribution in [2.45, 2.75) is 6.04 Å². The minimum atomic E-state index is -0.269. The van der Waals surface area contributed by atoms with Gasteiger partial charge in [0.1, 0.15) is 5.01 Å².